The molecule has 1 saturated carbocycles. The first-order valence-corrected chi connectivity index (χ1v) is 7.16. The van der Waals surface area contributed by atoms with Gasteiger partial charge in [0.15, 0.2) is 5.78 Å². The first kappa shape index (κ1) is 12.6. The summed E-state index contributed by atoms with van der Waals surface area (Å²) in [6, 6.07) is 4.27. The zero-order chi connectivity index (χ0) is 13.5. The Bertz CT molecular complexity index is 511. The van der Waals surface area contributed by atoms with Gasteiger partial charge >= 0.3 is 0 Å². The Morgan fingerprint density at radius 1 is 1.42 bits per heavy atom. The normalized spacial score (nSPS) is 30.0. The maximum Gasteiger partial charge on any atom is 0.170 e. The first-order chi connectivity index (χ1) is 9.14. The van der Waals surface area contributed by atoms with Crippen molar-refractivity contribution in [3.05, 3.63) is 29.6 Å². The van der Waals surface area contributed by atoms with Crippen molar-refractivity contribution < 1.29 is 13.9 Å². The summed E-state index contributed by atoms with van der Waals surface area (Å²) in [6.07, 6.45) is 5.83. The van der Waals surface area contributed by atoms with Gasteiger partial charge in [-0.25, -0.2) is 4.39 Å². The van der Waals surface area contributed by atoms with E-state index >= 15 is 0 Å². The van der Waals surface area contributed by atoms with Gasteiger partial charge in [0, 0.05) is 0 Å². The quantitative estimate of drug-likeness (QED) is 0.760. The second-order valence-electron chi connectivity index (χ2n) is 5.76. The Morgan fingerprint density at radius 2 is 2.26 bits per heavy atom. The van der Waals surface area contributed by atoms with Crippen molar-refractivity contribution in [3.63, 3.8) is 0 Å². The molecule has 1 aromatic rings. The van der Waals surface area contributed by atoms with Crippen LogP contribution in [0.15, 0.2) is 18.2 Å². The number of rotatable bonds is 1. The molecule has 2 atom stereocenters. The van der Waals surface area contributed by atoms with Crippen LogP contribution in [0, 0.1) is 11.7 Å². The first-order valence-electron chi connectivity index (χ1n) is 7.16. The molecule has 1 spiro atoms. The third-order valence-corrected chi connectivity index (χ3v) is 4.65. The van der Waals surface area contributed by atoms with E-state index in [0.717, 1.165) is 25.7 Å². The SMILES string of the molecule is CCC1CCCCC12CC(=O)c1cc(F)ccc1O2. The molecule has 3 heteroatoms. The largest absolute Gasteiger partial charge is 0.486 e. The molecule has 102 valence electrons. The zero-order valence-electron chi connectivity index (χ0n) is 11.2. The van der Waals surface area contributed by atoms with Gasteiger partial charge in [0.05, 0.1) is 12.0 Å². The van der Waals surface area contributed by atoms with E-state index in [0.29, 0.717) is 23.7 Å². The maximum absolute atomic E-state index is 13.2. The lowest BCUT2D eigenvalue weighted by atomic mass is 9.70. The summed E-state index contributed by atoms with van der Waals surface area (Å²) in [7, 11) is 0. The molecule has 2 aliphatic rings. The van der Waals surface area contributed by atoms with Crippen molar-refractivity contribution in [3.8, 4) is 5.75 Å². The highest BCUT2D eigenvalue weighted by molar-refractivity contribution is 6.00. The molecular weight excluding hydrogens is 243 g/mol. The van der Waals surface area contributed by atoms with E-state index in [4.69, 9.17) is 4.74 Å². The Morgan fingerprint density at radius 3 is 3.05 bits per heavy atom. The molecule has 2 unspecified atom stereocenters. The molecule has 0 amide bonds. The number of hydrogen-bond acceptors (Lipinski definition) is 2. The molecular formula is C16H19FO2. The zero-order valence-corrected chi connectivity index (χ0v) is 11.2. The summed E-state index contributed by atoms with van der Waals surface area (Å²) in [6.45, 7) is 2.16. The molecule has 1 aliphatic carbocycles. The molecule has 0 N–H and O–H groups in total. The van der Waals surface area contributed by atoms with E-state index < -0.39 is 0 Å². The minimum absolute atomic E-state index is 0.0288. The third kappa shape index (κ3) is 2.05. The number of ketones is 1. The Labute approximate surface area is 113 Å². The standard InChI is InChI=1S/C16H19FO2/c1-2-11-5-3-4-8-16(11)10-14(18)13-9-12(17)6-7-15(13)19-16/h6-7,9,11H,2-5,8,10H2,1H3. The number of ether oxygens (including phenoxy) is 1. The molecule has 3 rings (SSSR count). The lowest BCUT2D eigenvalue weighted by Gasteiger charge is -2.46. The summed E-state index contributed by atoms with van der Waals surface area (Å²) in [4.78, 5) is 12.3. The van der Waals surface area contributed by atoms with Gasteiger partial charge in [-0.3, -0.25) is 4.79 Å². The van der Waals surface area contributed by atoms with E-state index in [-0.39, 0.29) is 17.2 Å². The molecule has 19 heavy (non-hydrogen) atoms. The maximum atomic E-state index is 13.2. The van der Waals surface area contributed by atoms with E-state index in [1.807, 2.05) is 0 Å². The topological polar surface area (TPSA) is 26.3 Å². The smallest absolute Gasteiger partial charge is 0.170 e. The van der Waals surface area contributed by atoms with Crippen molar-refractivity contribution >= 4 is 5.78 Å². The summed E-state index contributed by atoms with van der Waals surface area (Å²) in [5, 5.41) is 0. The van der Waals surface area contributed by atoms with Crippen molar-refractivity contribution in [2.75, 3.05) is 0 Å². The lowest BCUT2D eigenvalue weighted by Crippen LogP contribution is -2.50. The molecule has 0 bridgehead atoms. The number of Topliss-reactive ketones (excluding diaryl/α,β-unsaturated/α-hetero) is 1. The number of benzene rings is 1. The summed E-state index contributed by atoms with van der Waals surface area (Å²) in [5.41, 5.74) is 0.0700. The van der Waals surface area contributed by atoms with E-state index in [9.17, 15) is 9.18 Å². The highest BCUT2D eigenvalue weighted by atomic mass is 19.1. The highest BCUT2D eigenvalue weighted by Gasteiger charge is 2.46. The van der Waals surface area contributed by atoms with Gasteiger partial charge in [-0.2, -0.15) is 0 Å². The van der Waals surface area contributed by atoms with Crippen LogP contribution in [-0.4, -0.2) is 11.4 Å². The summed E-state index contributed by atoms with van der Waals surface area (Å²) >= 11 is 0. The predicted molar refractivity (Wildman–Crippen MR) is 71.0 cm³/mol. The monoisotopic (exact) mass is 262 g/mol. The fraction of sp³-hybridized carbons (Fsp3) is 0.562. The lowest BCUT2D eigenvalue weighted by molar-refractivity contribution is -0.0340. The molecule has 1 aromatic carbocycles. The average molecular weight is 262 g/mol. The van der Waals surface area contributed by atoms with Crippen LogP contribution in [-0.2, 0) is 0 Å². The van der Waals surface area contributed by atoms with Gasteiger partial charge in [-0.05, 0) is 49.8 Å². The van der Waals surface area contributed by atoms with Crippen LogP contribution in [0.5, 0.6) is 5.75 Å². The van der Waals surface area contributed by atoms with Gasteiger partial charge in [0.1, 0.15) is 17.2 Å². The van der Waals surface area contributed by atoms with Gasteiger partial charge in [0.2, 0.25) is 0 Å². The molecule has 0 aromatic heterocycles. The van der Waals surface area contributed by atoms with Gasteiger partial charge in [-0.15, -0.1) is 0 Å². The van der Waals surface area contributed by atoms with Crippen LogP contribution in [0.4, 0.5) is 4.39 Å². The fourth-order valence-corrected chi connectivity index (χ4v) is 3.66. The van der Waals surface area contributed by atoms with Crippen LogP contribution in [0.2, 0.25) is 0 Å². The average Bonchev–Trinajstić information content (AvgIpc) is 2.40. The van der Waals surface area contributed by atoms with Crippen molar-refractivity contribution in [1.29, 1.82) is 0 Å². The number of hydrogen-bond donors (Lipinski definition) is 0. The predicted octanol–water partition coefficient (Wildman–Crippen LogP) is 4.13. The van der Waals surface area contributed by atoms with Crippen LogP contribution in [0.25, 0.3) is 0 Å². The molecule has 1 fully saturated rings. The van der Waals surface area contributed by atoms with Gasteiger partial charge in [0.25, 0.3) is 0 Å². The number of halogens is 1. The van der Waals surface area contributed by atoms with Crippen molar-refractivity contribution in [1.82, 2.24) is 0 Å². The minimum Gasteiger partial charge on any atom is -0.486 e. The second kappa shape index (κ2) is 4.62. The molecule has 1 heterocycles. The minimum atomic E-state index is -0.373. The van der Waals surface area contributed by atoms with Crippen LogP contribution in [0.1, 0.15) is 55.8 Å². The van der Waals surface area contributed by atoms with E-state index in [2.05, 4.69) is 6.92 Å². The molecule has 0 saturated heterocycles. The Balaban J connectivity index is 1.99. The van der Waals surface area contributed by atoms with Crippen molar-refractivity contribution in [2.45, 2.75) is 51.0 Å². The van der Waals surface area contributed by atoms with E-state index in [1.54, 1.807) is 6.07 Å². The highest BCUT2D eigenvalue weighted by Crippen LogP contribution is 2.46. The number of carbonyl (C=O) groups is 1. The second-order valence-corrected chi connectivity index (χ2v) is 5.76. The molecule has 0 radical (unpaired) electrons. The molecule has 2 nitrogen and oxygen atoms in total. The number of fused-ring (bicyclic) bond motifs is 1. The Hall–Kier alpha value is -1.38. The van der Waals surface area contributed by atoms with Gasteiger partial charge < -0.3 is 4.74 Å². The van der Waals surface area contributed by atoms with E-state index in [1.165, 1.54) is 18.6 Å². The van der Waals surface area contributed by atoms with Crippen LogP contribution < -0.4 is 4.74 Å². The van der Waals surface area contributed by atoms with Crippen molar-refractivity contribution in [2.24, 2.45) is 5.92 Å². The van der Waals surface area contributed by atoms with Gasteiger partial charge in [-0.1, -0.05) is 13.3 Å². The third-order valence-electron chi connectivity index (χ3n) is 4.65. The Kier molecular flexibility index (Phi) is 3.08. The van der Waals surface area contributed by atoms with Crippen LogP contribution in [0.3, 0.4) is 0 Å². The molecule has 1 aliphatic heterocycles. The summed E-state index contributed by atoms with van der Waals surface area (Å²) in [5.74, 6) is 0.657. The number of carbonyl (C=O) groups excluding carboxylic acids is 1. The van der Waals surface area contributed by atoms with Crippen LogP contribution >= 0.6 is 0 Å². The summed E-state index contributed by atoms with van der Waals surface area (Å²) < 4.78 is 19.4. The fourth-order valence-electron chi connectivity index (χ4n) is 3.66.